The number of amides is 1. The second-order valence-electron chi connectivity index (χ2n) is 7.14. The number of sulfonamides is 1. The molecule has 1 saturated carbocycles. The van der Waals surface area contributed by atoms with Gasteiger partial charge in [0.1, 0.15) is 5.54 Å². The first kappa shape index (κ1) is 22.0. The van der Waals surface area contributed by atoms with Crippen molar-refractivity contribution in [3.8, 4) is 11.5 Å². The van der Waals surface area contributed by atoms with Gasteiger partial charge >= 0.3 is 0 Å². The summed E-state index contributed by atoms with van der Waals surface area (Å²) >= 11 is 0. The van der Waals surface area contributed by atoms with Gasteiger partial charge < -0.3 is 19.3 Å². The summed E-state index contributed by atoms with van der Waals surface area (Å²) in [4.78, 5) is 16.8. The quantitative estimate of drug-likeness (QED) is 0.604. The second-order valence-corrected chi connectivity index (χ2v) is 8.91. The third kappa shape index (κ3) is 4.73. The Morgan fingerprint density at radius 3 is 2.50 bits per heavy atom. The molecule has 0 saturated heterocycles. The second kappa shape index (κ2) is 9.00. The molecule has 10 nitrogen and oxygen atoms in total. The maximum atomic E-state index is 12.5. The number of rotatable bonds is 9. The van der Waals surface area contributed by atoms with E-state index in [1.54, 1.807) is 6.92 Å². The first-order chi connectivity index (χ1) is 14.3. The Morgan fingerprint density at radius 2 is 1.90 bits per heavy atom. The fourth-order valence-electron chi connectivity index (χ4n) is 3.57. The molecule has 1 fully saturated rings. The minimum absolute atomic E-state index is 0.0227. The highest BCUT2D eigenvalue weighted by molar-refractivity contribution is 7.89. The van der Waals surface area contributed by atoms with Gasteiger partial charge in [0.05, 0.1) is 19.1 Å². The summed E-state index contributed by atoms with van der Waals surface area (Å²) in [5, 5.41) is 6.96. The Kier molecular flexibility index (Phi) is 6.61. The van der Waals surface area contributed by atoms with Gasteiger partial charge in [-0.2, -0.15) is 4.98 Å². The van der Waals surface area contributed by atoms with Gasteiger partial charge in [-0.1, -0.05) is 18.0 Å². The van der Waals surface area contributed by atoms with Gasteiger partial charge in [0.2, 0.25) is 21.8 Å². The predicted molar refractivity (Wildman–Crippen MR) is 107 cm³/mol. The zero-order chi connectivity index (χ0) is 21.8. The highest BCUT2D eigenvalue weighted by Crippen LogP contribution is 2.37. The molecule has 0 bridgehead atoms. The molecule has 0 atom stereocenters. The van der Waals surface area contributed by atoms with Gasteiger partial charge in [-0.3, -0.25) is 4.79 Å². The topological polar surface area (TPSA) is 133 Å². The summed E-state index contributed by atoms with van der Waals surface area (Å²) in [5.41, 5.74) is -0.656. The van der Waals surface area contributed by atoms with Crippen molar-refractivity contribution in [2.45, 2.75) is 49.5 Å². The number of ether oxygens (including phenoxy) is 2. The van der Waals surface area contributed by atoms with Crippen LogP contribution in [-0.2, 0) is 20.4 Å². The normalized spacial score (nSPS) is 15.7. The monoisotopic (exact) mass is 438 g/mol. The van der Waals surface area contributed by atoms with Crippen molar-refractivity contribution in [3.05, 3.63) is 29.9 Å². The predicted octanol–water partition coefficient (Wildman–Crippen LogP) is 1.65. The van der Waals surface area contributed by atoms with E-state index in [-0.39, 0.29) is 23.8 Å². The van der Waals surface area contributed by atoms with E-state index in [2.05, 4.69) is 20.2 Å². The average Bonchev–Trinajstić information content (AvgIpc) is 3.37. The van der Waals surface area contributed by atoms with Crippen LogP contribution < -0.4 is 19.5 Å². The lowest BCUT2D eigenvalue weighted by Crippen LogP contribution is -2.45. The number of hydrogen-bond acceptors (Lipinski definition) is 8. The number of carbonyl (C=O) groups is 1. The van der Waals surface area contributed by atoms with Crippen molar-refractivity contribution in [3.63, 3.8) is 0 Å². The van der Waals surface area contributed by atoms with Crippen LogP contribution in [0.4, 0.5) is 0 Å². The van der Waals surface area contributed by atoms with E-state index in [0.717, 1.165) is 25.7 Å². The lowest BCUT2D eigenvalue weighted by molar-refractivity contribution is -0.123. The molecule has 0 spiro atoms. The number of hydrogen-bond donors (Lipinski definition) is 2. The number of carbonyl (C=O) groups excluding carboxylic acids is 1. The Hall–Kier alpha value is -2.66. The first-order valence-corrected chi connectivity index (χ1v) is 11.1. The largest absolute Gasteiger partial charge is 0.493 e. The average molecular weight is 439 g/mol. The number of methoxy groups -OCH3 is 2. The van der Waals surface area contributed by atoms with Gasteiger partial charge in [0, 0.05) is 26.0 Å². The molecule has 0 aliphatic heterocycles. The van der Waals surface area contributed by atoms with E-state index in [1.165, 1.54) is 32.4 Å². The molecule has 11 heteroatoms. The van der Waals surface area contributed by atoms with Crippen LogP contribution in [0.3, 0.4) is 0 Å². The molecule has 30 heavy (non-hydrogen) atoms. The van der Waals surface area contributed by atoms with E-state index >= 15 is 0 Å². The van der Waals surface area contributed by atoms with E-state index in [1.807, 2.05) is 0 Å². The summed E-state index contributed by atoms with van der Waals surface area (Å²) in [7, 11) is -0.915. The number of benzene rings is 1. The van der Waals surface area contributed by atoms with E-state index in [0.29, 0.717) is 23.2 Å². The lowest BCUT2D eigenvalue weighted by atomic mass is 9.96. The van der Waals surface area contributed by atoms with Gasteiger partial charge in [0.25, 0.3) is 0 Å². The molecule has 1 aliphatic rings. The van der Waals surface area contributed by atoms with Crippen LogP contribution in [0.15, 0.2) is 27.6 Å². The summed E-state index contributed by atoms with van der Waals surface area (Å²) in [5.74, 6) is 1.35. The Balaban J connectivity index is 1.61. The molecule has 1 aromatic heterocycles. The van der Waals surface area contributed by atoms with Crippen LogP contribution in [0.1, 0.15) is 43.8 Å². The van der Waals surface area contributed by atoms with Crippen molar-refractivity contribution in [1.82, 2.24) is 20.2 Å². The molecule has 0 unspecified atom stereocenters. The number of aryl methyl sites for hydroxylation is 1. The molecule has 1 aromatic carbocycles. The minimum atomic E-state index is -3.81. The molecule has 1 amide bonds. The van der Waals surface area contributed by atoms with Crippen molar-refractivity contribution in [2.24, 2.45) is 0 Å². The summed E-state index contributed by atoms with van der Waals surface area (Å²) in [6.45, 7) is 1.65. The van der Waals surface area contributed by atoms with Crippen LogP contribution in [0.25, 0.3) is 0 Å². The number of nitrogens with one attached hydrogen (secondary N) is 2. The van der Waals surface area contributed by atoms with Crippen LogP contribution in [-0.4, -0.2) is 45.2 Å². The van der Waals surface area contributed by atoms with Crippen molar-refractivity contribution in [2.75, 3.05) is 20.8 Å². The highest BCUT2D eigenvalue weighted by atomic mass is 32.2. The van der Waals surface area contributed by atoms with Crippen LogP contribution in [0.2, 0.25) is 0 Å². The minimum Gasteiger partial charge on any atom is -0.493 e. The molecular formula is C19H26N4O6S. The fraction of sp³-hybridized carbons (Fsp3) is 0.526. The van der Waals surface area contributed by atoms with Crippen LogP contribution in [0, 0.1) is 6.92 Å². The molecule has 0 radical (unpaired) electrons. The third-order valence-corrected chi connectivity index (χ3v) is 6.56. The molecular weight excluding hydrogens is 412 g/mol. The summed E-state index contributed by atoms with van der Waals surface area (Å²) in [6, 6.07) is 4.29. The lowest BCUT2D eigenvalue weighted by Gasteiger charge is -2.26. The van der Waals surface area contributed by atoms with Crippen LogP contribution in [0.5, 0.6) is 11.5 Å². The number of nitrogens with zero attached hydrogens (tertiary/aromatic N) is 2. The first-order valence-electron chi connectivity index (χ1n) is 9.63. The van der Waals surface area contributed by atoms with Crippen molar-refractivity contribution in [1.29, 1.82) is 0 Å². The fourth-order valence-corrected chi connectivity index (χ4v) is 4.62. The Bertz CT molecular complexity index is 998. The SMILES string of the molecule is COc1ccc(S(=O)(=O)NCCC(=O)NC2(c3noc(C)n3)CCCC2)cc1OC. The van der Waals surface area contributed by atoms with Gasteiger partial charge in [0.15, 0.2) is 17.3 Å². The van der Waals surface area contributed by atoms with Crippen molar-refractivity contribution >= 4 is 15.9 Å². The molecule has 2 N–H and O–H groups in total. The number of aromatic nitrogens is 2. The third-order valence-electron chi connectivity index (χ3n) is 5.10. The van der Waals surface area contributed by atoms with Gasteiger partial charge in [-0.15, -0.1) is 0 Å². The Morgan fingerprint density at radius 1 is 1.20 bits per heavy atom. The highest BCUT2D eigenvalue weighted by Gasteiger charge is 2.41. The summed E-state index contributed by atoms with van der Waals surface area (Å²) < 4.78 is 42.9. The van der Waals surface area contributed by atoms with Crippen LogP contribution >= 0.6 is 0 Å². The molecule has 2 aromatic rings. The molecule has 164 valence electrons. The van der Waals surface area contributed by atoms with Gasteiger partial charge in [-0.05, 0) is 25.0 Å². The Labute approximate surface area is 175 Å². The van der Waals surface area contributed by atoms with E-state index in [9.17, 15) is 13.2 Å². The zero-order valence-electron chi connectivity index (χ0n) is 17.2. The van der Waals surface area contributed by atoms with Gasteiger partial charge in [-0.25, -0.2) is 13.1 Å². The van der Waals surface area contributed by atoms with E-state index in [4.69, 9.17) is 14.0 Å². The molecule has 1 aliphatic carbocycles. The standard InChI is InChI=1S/C19H26N4O6S/c1-13-21-18(23-29-13)19(9-4-5-10-19)22-17(24)8-11-20-30(25,26)14-6-7-15(27-2)16(12-14)28-3/h6-7,12,20H,4-5,8-11H2,1-3H3,(H,22,24). The zero-order valence-corrected chi connectivity index (χ0v) is 18.0. The van der Waals surface area contributed by atoms with Crippen molar-refractivity contribution < 1.29 is 27.2 Å². The summed E-state index contributed by atoms with van der Waals surface area (Å²) in [6.07, 6.45) is 3.30. The maximum absolute atomic E-state index is 12.5. The molecule has 3 rings (SSSR count). The van der Waals surface area contributed by atoms with E-state index < -0.39 is 15.6 Å². The smallest absolute Gasteiger partial charge is 0.240 e. The maximum Gasteiger partial charge on any atom is 0.240 e. The molecule has 1 heterocycles.